The van der Waals surface area contributed by atoms with E-state index in [4.69, 9.17) is 10.6 Å². The lowest BCUT2D eigenvalue weighted by atomic mass is 10.3. The van der Waals surface area contributed by atoms with Crippen molar-refractivity contribution in [3.8, 4) is 0 Å². The third-order valence-electron chi connectivity index (χ3n) is 2.67. The summed E-state index contributed by atoms with van der Waals surface area (Å²) in [6.07, 6.45) is 2.47. The average molecular weight is 273 g/mol. The monoisotopic (exact) mass is 273 g/mol. The van der Waals surface area contributed by atoms with Gasteiger partial charge in [0.25, 0.3) is 0 Å². The topological polar surface area (TPSA) is 110 Å². The Labute approximate surface area is 105 Å². The maximum atomic E-state index is 12.3. The maximum Gasteiger partial charge on any atom is 0.246 e. The lowest BCUT2D eigenvalue weighted by Crippen LogP contribution is -2.46. The SMILES string of the molecule is CC1COCCN1S(=O)(=O)c1cnc(NN)nc1. The van der Waals surface area contributed by atoms with Crippen LogP contribution in [-0.4, -0.2) is 48.5 Å². The number of anilines is 1. The number of hydrogen-bond acceptors (Lipinski definition) is 7. The summed E-state index contributed by atoms with van der Waals surface area (Å²) in [6.45, 7) is 2.92. The number of sulfonamides is 1. The molecule has 1 fully saturated rings. The number of hydrazine groups is 1. The number of aromatic nitrogens is 2. The quantitative estimate of drug-likeness (QED) is 0.546. The highest BCUT2D eigenvalue weighted by Crippen LogP contribution is 2.19. The van der Waals surface area contributed by atoms with Crippen molar-refractivity contribution < 1.29 is 13.2 Å². The summed E-state index contributed by atoms with van der Waals surface area (Å²) < 4.78 is 31.3. The molecule has 1 saturated heterocycles. The van der Waals surface area contributed by atoms with E-state index in [0.717, 1.165) is 0 Å². The van der Waals surface area contributed by atoms with Crippen molar-refractivity contribution in [2.45, 2.75) is 17.9 Å². The summed E-state index contributed by atoms with van der Waals surface area (Å²) in [4.78, 5) is 7.65. The molecule has 1 aliphatic rings. The van der Waals surface area contributed by atoms with Gasteiger partial charge in [0.2, 0.25) is 16.0 Å². The number of nitrogens with zero attached hydrogens (tertiary/aromatic N) is 3. The van der Waals surface area contributed by atoms with Crippen LogP contribution in [-0.2, 0) is 14.8 Å². The van der Waals surface area contributed by atoms with Gasteiger partial charge in [-0.25, -0.2) is 24.2 Å². The summed E-state index contributed by atoms with van der Waals surface area (Å²) in [6, 6.07) is -0.198. The van der Waals surface area contributed by atoms with E-state index in [1.807, 2.05) is 0 Å². The van der Waals surface area contributed by atoms with E-state index in [-0.39, 0.29) is 16.9 Å². The van der Waals surface area contributed by atoms with Gasteiger partial charge in [-0.2, -0.15) is 4.31 Å². The molecule has 9 heteroatoms. The molecule has 0 saturated carbocycles. The molecule has 1 atom stereocenters. The van der Waals surface area contributed by atoms with Crippen molar-refractivity contribution in [3.63, 3.8) is 0 Å². The van der Waals surface area contributed by atoms with Crippen LogP contribution in [0.2, 0.25) is 0 Å². The number of nitrogens with one attached hydrogen (secondary N) is 1. The smallest absolute Gasteiger partial charge is 0.246 e. The van der Waals surface area contributed by atoms with Crippen LogP contribution in [0.1, 0.15) is 6.92 Å². The lowest BCUT2D eigenvalue weighted by molar-refractivity contribution is 0.0392. The van der Waals surface area contributed by atoms with Gasteiger partial charge in [0.15, 0.2) is 0 Å². The Morgan fingerprint density at radius 1 is 1.50 bits per heavy atom. The van der Waals surface area contributed by atoms with E-state index in [9.17, 15) is 8.42 Å². The van der Waals surface area contributed by atoms with E-state index in [0.29, 0.717) is 19.8 Å². The van der Waals surface area contributed by atoms with E-state index < -0.39 is 10.0 Å². The summed E-state index contributed by atoms with van der Waals surface area (Å²) in [5.41, 5.74) is 2.24. The molecule has 0 spiro atoms. The summed E-state index contributed by atoms with van der Waals surface area (Å²) >= 11 is 0. The fourth-order valence-corrected chi connectivity index (χ4v) is 3.22. The van der Waals surface area contributed by atoms with Crippen LogP contribution in [0.3, 0.4) is 0 Å². The molecule has 1 aliphatic heterocycles. The van der Waals surface area contributed by atoms with Crippen molar-refractivity contribution in [3.05, 3.63) is 12.4 Å². The van der Waals surface area contributed by atoms with Crippen molar-refractivity contribution >= 4 is 16.0 Å². The fraction of sp³-hybridized carbons (Fsp3) is 0.556. The van der Waals surface area contributed by atoms with Gasteiger partial charge in [-0.3, -0.25) is 5.43 Å². The lowest BCUT2D eigenvalue weighted by Gasteiger charge is -2.31. The number of nitrogens with two attached hydrogens (primary N) is 1. The van der Waals surface area contributed by atoms with Gasteiger partial charge in [-0.15, -0.1) is 0 Å². The van der Waals surface area contributed by atoms with Crippen molar-refractivity contribution in [1.29, 1.82) is 0 Å². The van der Waals surface area contributed by atoms with E-state index in [1.165, 1.54) is 16.7 Å². The molecular weight excluding hydrogens is 258 g/mol. The van der Waals surface area contributed by atoms with Gasteiger partial charge in [0.05, 0.1) is 25.6 Å². The van der Waals surface area contributed by atoms with Crippen LogP contribution in [0.5, 0.6) is 0 Å². The number of morpholine rings is 1. The van der Waals surface area contributed by atoms with Crippen molar-refractivity contribution in [2.75, 3.05) is 25.2 Å². The second-order valence-electron chi connectivity index (χ2n) is 3.93. The number of nitrogen functional groups attached to an aromatic ring is 1. The summed E-state index contributed by atoms with van der Waals surface area (Å²) in [7, 11) is -3.58. The van der Waals surface area contributed by atoms with Gasteiger partial charge < -0.3 is 4.74 Å². The standard InChI is InChI=1S/C9H15N5O3S/c1-7-6-17-3-2-14(7)18(15,16)8-4-11-9(13-10)12-5-8/h4-5,7H,2-3,6,10H2,1H3,(H,11,12,13). The minimum absolute atomic E-state index is 0.0512. The van der Waals surface area contributed by atoms with Gasteiger partial charge in [-0.05, 0) is 6.92 Å². The normalized spacial score (nSPS) is 21.8. The first-order chi connectivity index (χ1) is 8.55. The van der Waals surface area contributed by atoms with Gasteiger partial charge in [0.1, 0.15) is 4.90 Å². The zero-order valence-corrected chi connectivity index (χ0v) is 10.7. The molecule has 18 heavy (non-hydrogen) atoms. The Bertz CT molecular complexity index is 503. The number of ether oxygens (including phenoxy) is 1. The van der Waals surface area contributed by atoms with Crippen LogP contribution in [0, 0.1) is 0 Å². The zero-order chi connectivity index (χ0) is 13.2. The fourth-order valence-electron chi connectivity index (χ4n) is 1.73. The molecule has 100 valence electrons. The Balaban J connectivity index is 2.28. The van der Waals surface area contributed by atoms with E-state index >= 15 is 0 Å². The molecule has 0 bridgehead atoms. The molecule has 0 amide bonds. The molecule has 1 unspecified atom stereocenters. The van der Waals surface area contributed by atoms with E-state index in [2.05, 4.69) is 15.4 Å². The third kappa shape index (κ3) is 2.43. The molecule has 0 aromatic carbocycles. The second kappa shape index (κ2) is 5.14. The van der Waals surface area contributed by atoms with Crippen molar-refractivity contribution in [2.24, 2.45) is 5.84 Å². The first-order valence-corrected chi connectivity index (χ1v) is 6.88. The van der Waals surface area contributed by atoms with Gasteiger partial charge >= 0.3 is 0 Å². The highest BCUT2D eigenvalue weighted by molar-refractivity contribution is 7.89. The van der Waals surface area contributed by atoms with Crippen LogP contribution in [0.15, 0.2) is 17.3 Å². The molecule has 0 radical (unpaired) electrons. The molecule has 1 aromatic rings. The molecule has 2 heterocycles. The predicted molar refractivity (Wildman–Crippen MR) is 64.0 cm³/mol. The Hall–Kier alpha value is -1.29. The first-order valence-electron chi connectivity index (χ1n) is 5.44. The minimum Gasteiger partial charge on any atom is -0.378 e. The van der Waals surface area contributed by atoms with E-state index in [1.54, 1.807) is 6.92 Å². The molecule has 0 aliphatic carbocycles. The van der Waals surface area contributed by atoms with Crippen LogP contribution in [0.25, 0.3) is 0 Å². The highest BCUT2D eigenvalue weighted by Gasteiger charge is 2.31. The third-order valence-corrected chi connectivity index (χ3v) is 4.64. The summed E-state index contributed by atoms with van der Waals surface area (Å²) in [5, 5.41) is 0. The van der Waals surface area contributed by atoms with Crippen molar-refractivity contribution in [1.82, 2.24) is 14.3 Å². The largest absolute Gasteiger partial charge is 0.378 e. The Morgan fingerprint density at radius 2 is 2.17 bits per heavy atom. The predicted octanol–water partition coefficient (Wildman–Crippen LogP) is -0.828. The molecule has 8 nitrogen and oxygen atoms in total. The average Bonchev–Trinajstić information content (AvgIpc) is 2.39. The molecule has 1 aromatic heterocycles. The first kappa shape index (κ1) is 13.1. The van der Waals surface area contributed by atoms with Gasteiger partial charge in [0, 0.05) is 12.6 Å². The van der Waals surface area contributed by atoms with Crippen LogP contribution >= 0.6 is 0 Å². The summed E-state index contributed by atoms with van der Waals surface area (Å²) in [5.74, 6) is 5.29. The highest BCUT2D eigenvalue weighted by atomic mass is 32.2. The molecular formula is C9H15N5O3S. The number of rotatable bonds is 3. The zero-order valence-electron chi connectivity index (χ0n) is 9.91. The van der Waals surface area contributed by atoms with Gasteiger partial charge in [-0.1, -0.05) is 0 Å². The Kier molecular flexibility index (Phi) is 3.76. The molecule has 2 rings (SSSR count). The van der Waals surface area contributed by atoms with Crippen LogP contribution in [0.4, 0.5) is 5.95 Å². The molecule has 3 N–H and O–H groups in total. The number of hydrogen-bond donors (Lipinski definition) is 2. The Morgan fingerprint density at radius 3 is 2.72 bits per heavy atom. The second-order valence-corrected chi connectivity index (χ2v) is 5.82. The maximum absolute atomic E-state index is 12.3. The minimum atomic E-state index is -3.58. The van der Waals surface area contributed by atoms with Crippen LogP contribution < -0.4 is 11.3 Å².